The lowest BCUT2D eigenvalue weighted by molar-refractivity contribution is -0.183. The molecule has 20 heavy (non-hydrogen) atoms. The van der Waals surface area contributed by atoms with Gasteiger partial charge in [-0.3, -0.25) is 4.79 Å². The third kappa shape index (κ3) is 2.47. The number of piperidine rings is 1. The lowest BCUT2D eigenvalue weighted by Gasteiger charge is -2.49. The van der Waals surface area contributed by atoms with Gasteiger partial charge in [0.15, 0.2) is 0 Å². The van der Waals surface area contributed by atoms with E-state index in [4.69, 9.17) is 4.74 Å². The summed E-state index contributed by atoms with van der Waals surface area (Å²) in [6.07, 6.45) is 1.93. The molecule has 0 aromatic carbocycles. The van der Waals surface area contributed by atoms with Crippen molar-refractivity contribution in [3.63, 3.8) is 0 Å². The van der Waals surface area contributed by atoms with Crippen molar-refractivity contribution in [1.82, 2.24) is 15.2 Å². The predicted octanol–water partition coefficient (Wildman–Crippen LogP) is 1.32. The number of hydrogen-bond donors (Lipinski definition) is 1. The molecule has 3 rings (SSSR count). The van der Waals surface area contributed by atoms with E-state index in [0.29, 0.717) is 6.54 Å². The van der Waals surface area contributed by atoms with Gasteiger partial charge in [-0.25, -0.2) is 4.98 Å². The third-order valence-corrected chi connectivity index (χ3v) is 5.30. The Morgan fingerprint density at radius 2 is 2.30 bits per heavy atom. The average Bonchev–Trinajstić information content (AvgIpc) is 2.86. The standard InChI is InChI=1S/C14H21N3O2S/c1-10-14(3-5-15-6-4-14)19-8-13(18)17(10)7-12-9-20-11(2)16-12/h9-10,15H,3-8H2,1-2H3/t10-/m0/s1. The van der Waals surface area contributed by atoms with Crippen molar-refractivity contribution in [2.45, 2.75) is 44.9 Å². The summed E-state index contributed by atoms with van der Waals surface area (Å²) in [6.45, 7) is 6.83. The van der Waals surface area contributed by atoms with E-state index < -0.39 is 0 Å². The summed E-state index contributed by atoms with van der Waals surface area (Å²) < 4.78 is 5.96. The van der Waals surface area contributed by atoms with Crippen LogP contribution in [-0.2, 0) is 16.1 Å². The Balaban J connectivity index is 1.79. The van der Waals surface area contributed by atoms with Crippen molar-refractivity contribution in [3.8, 4) is 0 Å². The molecule has 0 bridgehead atoms. The molecule has 110 valence electrons. The molecule has 2 aliphatic rings. The van der Waals surface area contributed by atoms with Gasteiger partial charge < -0.3 is 15.0 Å². The topological polar surface area (TPSA) is 54.5 Å². The zero-order chi connectivity index (χ0) is 14.2. The quantitative estimate of drug-likeness (QED) is 0.894. The van der Waals surface area contributed by atoms with E-state index in [0.717, 1.165) is 36.6 Å². The molecular weight excluding hydrogens is 274 g/mol. The van der Waals surface area contributed by atoms with Gasteiger partial charge in [0, 0.05) is 5.38 Å². The number of carbonyl (C=O) groups is 1. The van der Waals surface area contributed by atoms with Gasteiger partial charge in [0.2, 0.25) is 5.91 Å². The van der Waals surface area contributed by atoms with Crippen molar-refractivity contribution < 1.29 is 9.53 Å². The summed E-state index contributed by atoms with van der Waals surface area (Å²) in [5.41, 5.74) is 0.809. The first kappa shape index (κ1) is 14.0. The van der Waals surface area contributed by atoms with Gasteiger partial charge in [0.25, 0.3) is 0 Å². The van der Waals surface area contributed by atoms with Gasteiger partial charge in [-0.2, -0.15) is 0 Å². The maximum absolute atomic E-state index is 12.2. The number of thiazole rings is 1. The first-order chi connectivity index (χ1) is 9.61. The molecule has 2 aliphatic heterocycles. The molecule has 6 heteroatoms. The van der Waals surface area contributed by atoms with Crippen LogP contribution >= 0.6 is 11.3 Å². The number of carbonyl (C=O) groups excluding carboxylic acids is 1. The highest BCUT2D eigenvalue weighted by Crippen LogP contribution is 2.34. The van der Waals surface area contributed by atoms with E-state index in [2.05, 4.69) is 17.2 Å². The van der Waals surface area contributed by atoms with Gasteiger partial charge >= 0.3 is 0 Å². The van der Waals surface area contributed by atoms with E-state index >= 15 is 0 Å². The van der Waals surface area contributed by atoms with Crippen molar-refractivity contribution in [2.24, 2.45) is 0 Å². The van der Waals surface area contributed by atoms with Crippen LogP contribution in [0.15, 0.2) is 5.38 Å². The van der Waals surface area contributed by atoms with Gasteiger partial charge in [-0.05, 0) is 39.8 Å². The second kappa shape index (κ2) is 5.42. The van der Waals surface area contributed by atoms with Crippen LogP contribution < -0.4 is 5.32 Å². The van der Waals surface area contributed by atoms with Gasteiger partial charge in [0.05, 0.1) is 28.9 Å². The molecular formula is C14H21N3O2S. The Labute approximate surface area is 123 Å². The number of amides is 1. The van der Waals surface area contributed by atoms with Crippen LogP contribution in [0.25, 0.3) is 0 Å². The Hall–Kier alpha value is -0.980. The fourth-order valence-electron chi connectivity index (χ4n) is 3.20. The average molecular weight is 295 g/mol. The summed E-state index contributed by atoms with van der Waals surface area (Å²) in [6, 6.07) is 0.104. The van der Waals surface area contributed by atoms with Crippen molar-refractivity contribution in [1.29, 1.82) is 0 Å². The molecule has 2 fully saturated rings. The molecule has 3 heterocycles. The lowest BCUT2D eigenvalue weighted by Crippen LogP contribution is -2.63. The summed E-state index contributed by atoms with van der Waals surface area (Å²) >= 11 is 1.63. The highest BCUT2D eigenvalue weighted by molar-refractivity contribution is 7.09. The van der Waals surface area contributed by atoms with Crippen LogP contribution in [0.2, 0.25) is 0 Å². The maximum atomic E-state index is 12.2. The molecule has 0 saturated carbocycles. The molecule has 1 aromatic rings. The van der Waals surface area contributed by atoms with Crippen LogP contribution in [0.4, 0.5) is 0 Å². The minimum absolute atomic E-state index is 0.0762. The third-order valence-electron chi connectivity index (χ3n) is 4.48. The first-order valence-electron chi connectivity index (χ1n) is 7.16. The van der Waals surface area contributed by atoms with E-state index in [9.17, 15) is 4.79 Å². The van der Waals surface area contributed by atoms with Crippen LogP contribution in [0.3, 0.4) is 0 Å². The van der Waals surface area contributed by atoms with Gasteiger partial charge in [-0.15, -0.1) is 11.3 Å². The lowest BCUT2D eigenvalue weighted by atomic mass is 9.83. The molecule has 1 amide bonds. The number of nitrogens with one attached hydrogen (secondary N) is 1. The molecule has 1 N–H and O–H groups in total. The van der Waals surface area contributed by atoms with Crippen LogP contribution in [0, 0.1) is 6.92 Å². The monoisotopic (exact) mass is 295 g/mol. The zero-order valence-corrected chi connectivity index (χ0v) is 12.8. The van der Waals surface area contributed by atoms with E-state index in [1.54, 1.807) is 11.3 Å². The molecule has 1 spiro atoms. The minimum Gasteiger partial charge on any atom is -0.363 e. The fraction of sp³-hybridized carbons (Fsp3) is 0.714. The number of aryl methyl sites for hydroxylation is 1. The smallest absolute Gasteiger partial charge is 0.249 e. The second-order valence-corrected chi connectivity index (χ2v) is 6.72. The largest absolute Gasteiger partial charge is 0.363 e. The number of nitrogens with zero attached hydrogens (tertiary/aromatic N) is 2. The minimum atomic E-state index is -0.176. The number of hydrogen-bond acceptors (Lipinski definition) is 5. The van der Waals surface area contributed by atoms with Crippen LogP contribution in [0.1, 0.15) is 30.5 Å². The van der Waals surface area contributed by atoms with Crippen LogP contribution in [-0.4, -0.2) is 47.1 Å². The Kier molecular flexibility index (Phi) is 3.79. The van der Waals surface area contributed by atoms with E-state index in [1.807, 2.05) is 17.2 Å². The maximum Gasteiger partial charge on any atom is 0.249 e. The Morgan fingerprint density at radius 3 is 2.95 bits per heavy atom. The molecule has 0 unspecified atom stereocenters. The van der Waals surface area contributed by atoms with Crippen molar-refractivity contribution >= 4 is 17.2 Å². The van der Waals surface area contributed by atoms with E-state index in [1.165, 1.54) is 0 Å². The number of morpholine rings is 1. The molecule has 5 nitrogen and oxygen atoms in total. The Bertz CT molecular complexity index is 496. The number of rotatable bonds is 2. The normalized spacial score (nSPS) is 26.2. The van der Waals surface area contributed by atoms with Crippen LogP contribution in [0.5, 0.6) is 0 Å². The zero-order valence-electron chi connectivity index (χ0n) is 12.0. The number of aromatic nitrogens is 1. The summed E-state index contributed by atoms with van der Waals surface area (Å²) in [4.78, 5) is 18.6. The van der Waals surface area contributed by atoms with Gasteiger partial charge in [-0.1, -0.05) is 0 Å². The highest BCUT2D eigenvalue weighted by atomic mass is 32.1. The molecule has 0 aliphatic carbocycles. The highest BCUT2D eigenvalue weighted by Gasteiger charge is 2.46. The molecule has 1 aromatic heterocycles. The number of ether oxygens (including phenoxy) is 1. The molecule has 2 saturated heterocycles. The Morgan fingerprint density at radius 1 is 1.55 bits per heavy atom. The van der Waals surface area contributed by atoms with Crippen molar-refractivity contribution in [3.05, 3.63) is 16.1 Å². The van der Waals surface area contributed by atoms with E-state index in [-0.39, 0.29) is 24.2 Å². The fourth-order valence-corrected chi connectivity index (χ4v) is 3.81. The predicted molar refractivity (Wildman–Crippen MR) is 77.6 cm³/mol. The summed E-state index contributed by atoms with van der Waals surface area (Å²) in [5.74, 6) is 0.0762. The molecule has 1 atom stereocenters. The summed E-state index contributed by atoms with van der Waals surface area (Å²) in [7, 11) is 0. The molecule has 0 radical (unpaired) electrons. The first-order valence-corrected chi connectivity index (χ1v) is 8.04. The SMILES string of the molecule is Cc1nc(CN2C(=O)COC3(CCNCC3)[C@@H]2C)cs1. The van der Waals surface area contributed by atoms with Crippen molar-refractivity contribution in [2.75, 3.05) is 19.7 Å². The van der Waals surface area contributed by atoms with Gasteiger partial charge in [0.1, 0.15) is 6.61 Å². The summed E-state index contributed by atoms with van der Waals surface area (Å²) in [5, 5.41) is 6.45. The second-order valence-electron chi connectivity index (χ2n) is 5.66.